The Kier molecular flexibility index (Phi) is 5.19. The highest BCUT2D eigenvalue weighted by atomic mass is 32.2. The third kappa shape index (κ3) is 3.91. The Morgan fingerprint density at radius 1 is 1.20 bits per heavy atom. The van der Waals surface area contributed by atoms with Crippen molar-refractivity contribution in [2.24, 2.45) is 0 Å². The average Bonchev–Trinajstić information content (AvgIpc) is 3.09. The number of carbonyl (C=O) groups is 1. The Morgan fingerprint density at radius 2 is 1.96 bits per heavy atom. The van der Waals surface area contributed by atoms with Crippen molar-refractivity contribution in [3.05, 3.63) is 72.8 Å². The van der Waals surface area contributed by atoms with Crippen LogP contribution in [0.5, 0.6) is 0 Å². The van der Waals surface area contributed by atoms with Gasteiger partial charge in [-0.1, -0.05) is 36.0 Å². The van der Waals surface area contributed by atoms with Crippen LogP contribution in [-0.4, -0.2) is 27.8 Å². The van der Waals surface area contributed by atoms with E-state index in [1.807, 2.05) is 37.3 Å². The smallest absolute Gasteiger partial charge is 0.240 e. The molecule has 6 heteroatoms. The monoisotopic (exact) mass is 355 g/mol. The molecule has 0 saturated carbocycles. The molecule has 0 unspecified atom stereocenters. The van der Waals surface area contributed by atoms with E-state index >= 15 is 0 Å². The zero-order valence-electron chi connectivity index (χ0n) is 14.0. The zero-order chi connectivity index (χ0) is 17.8. The molecule has 1 amide bonds. The van der Waals surface area contributed by atoms with Gasteiger partial charge in [-0.2, -0.15) is 0 Å². The molecule has 1 aromatic heterocycles. The molecular weight excluding hydrogens is 337 g/mol. The Morgan fingerprint density at radius 3 is 2.68 bits per heavy atom. The molecule has 0 bridgehead atoms. The minimum Gasteiger partial charge on any atom is -0.315 e. The lowest BCUT2D eigenvalue weighted by atomic mass is 10.3. The zero-order valence-corrected chi connectivity index (χ0v) is 14.8. The lowest BCUT2D eigenvalue weighted by molar-refractivity contribution is -0.117. The Balaban J connectivity index is 1.77. The molecule has 25 heavy (non-hydrogen) atoms. The summed E-state index contributed by atoms with van der Waals surface area (Å²) in [6, 6.07) is 15.8. The molecule has 4 nitrogen and oxygen atoms in total. The van der Waals surface area contributed by atoms with Crippen molar-refractivity contribution < 1.29 is 9.18 Å². The highest BCUT2D eigenvalue weighted by molar-refractivity contribution is 8.00. The third-order valence-electron chi connectivity index (χ3n) is 3.80. The van der Waals surface area contributed by atoms with E-state index in [1.54, 1.807) is 41.0 Å². The van der Waals surface area contributed by atoms with Crippen molar-refractivity contribution in [3.63, 3.8) is 0 Å². The molecule has 0 spiro atoms. The van der Waals surface area contributed by atoms with Crippen molar-refractivity contribution in [1.29, 1.82) is 0 Å². The average molecular weight is 355 g/mol. The van der Waals surface area contributed by atoms with Crippen LogP contribution in [0.3, 0.4) is 0 Å². The summed E-state index contributed by atoms with van der Waals surface area (Å²) in [4.78, 5) is 18.6. The number of hydrogen-bond donors (Lipinski definition) is 0. The first kappa shape index (κ1) is 17.2. The molecule has 2 aromatic carbocycles. The predicted molar refractivity (Wildman–Crippen MR) is 98.7 cm³/mol. The van der Waals surface area contributed by atoms with Crippen LogP contribution in [0.15, 0.2) is 72.1 Å². The number of rotatable bonds is 5. The van der Waals surface area contributed by atoms with Crippen LogP contribution >= 0.6 is 11.8 Å². The summed E-state index contributed by atoms with van der Waals surface area (Å²) >= 11 is 1.35. The van der Waals surface area contributed by atoms with Gasteiger partial charge in [0.25, 0.3) is 0 Å². The van der Waals surface area contributed by atoms with E-state index in [9.17, 15) is 9.18 Å². The fraction of sp³-hybridized carbons (Fsp3) is 0.158. The summed E-state index contributed by atoms with van der Waals surface area (Å²) in [7, 11) is 1.76. The number of hydrogen-bond acceptors (Lipinski definition) is 3. The minimum absolute atomic E-state index is 0.0232. The SMILES string of the molecule is C[C@H](Sc1nccn1-c1cccc(F)c1)C(=O)N(C)c1ccccc1. The van der Waals surface area contributed by atoms with Gasteiger partial charge in [0, 0.05) is 25.1 Å². The number of carbonyl (C=O) groups excluding carboxylic acids is 1. The van der Waals surface area contributed by atoms with Gasteiger partial charge < -0.3 is 4.90 Å². The van der Waals surface area contributed by atoms with E-state index < -0.39 is 0 Å². The first-order chi connectivity index (χ1) is 12.1. The quantitative estimate of drug-likeness (QED) is 0.645. The normalized spacial score (nSPS) is 12.0. The Hall–Kier alpha value is -2.60. The number of thioether (sulfide) groups is 1. The van der Waals surface area contributed by atoms with Gasteiger partial charge in [0.05, 0.1) is 10.9 Å². The molecule has 0 aliphatic carbocycles. The molecule has 0 N–H and O–H groups in total. The highest BCUT2D eigenvalue weighted by Crippen LogP contribution is 2.27. The van der Waals surface area contributed by atoms with E-state index in [0.29, 0.717) is 10.8 Å². The summed E-state index contributed by atoms with van der Waals surface area (Å²) in [5.74, 6) is -0.333. The first-order valence-electron chi connectivity index (χ1n) is 7.85. The summed E-state index contributed by atoms with van der Waals surface area (Å²) in [6.45, 7) is 1.84. The summed E-state index contributed by atoms with van der Waals surface area (Å²) in [6.07, 6.45) is 3.40. The number of halogens is 1. The number of benzene rings is 2. The van der Waals surface area contributed by atoms with Gasteiger partial charge in [0.2, 0.25) is 5.91 Å². The standard InChI is InChI=1S/C19H18FN3OS/c1-14(18(24)22(2)16-8-4-3-5-9-16)25-19-21-11-12-23(19)17-10-6-7-15(20)13-17/h3-14H,1-2H3/t14-/m0/s1. The van der Waals surface area contributed by atoms with Gasteiger partial charge in [-0.15, -0.1) is 0 Å². The Bertz CT molecular complexity index is 866. The molecule has 3 rings (SSSR count). The molecule has 0 aliphatic heterocycles. The van der Waals surface area contributed by atoms with Crippen molar-refractivity contribution in [2.75, 3.05) is 11.9 Å². The van der Waals surface area contributed by atoms with Crippen LogP contribution in [-0.2, 0) is 4.79 Å². The second-order valence-electron chi connectivity index (χ2n) is 5.55. The third-order valence-corrected chi connectivity index (χ3v) is 4.87. The lowest BCUT2D eigenvalue weighted by Crippen LogP contribution is -2.33. The van der Waals surface area contributed by atoms with E-state index in [4.69, 9.17) is 0 Å². The van der Waals surface area contributed by atoms with E-state index in [-0.39, 0.29) is 17.0 Å². The van der Waals surface area contributed by atoms with Gasteiger partial charge in [0.15, 0.2) is 5.16 Å². The van der Waals surface area contributed by atoms with Crippen molar-refractivity contribution in [3.8, 4) is 5.69 Å². The number of anilines is 1. The van der Waals surface area contributed by atoms with Crippen molar-refractivity contribution in [1.82, 2.24) is 9.55 Å². The van der Waals surface area contributed by atoms with Crippen LogP contribution in [0.2, 0.25) is 0 Å². The van der Waals surface area contributed by atoms with Crippen LogP contribution < -0.4 is 4.90 Å². The van der Waals surface area contributed by atoms with Gasteiger partial charge in [0.1, 0.15) is 5.82 Å². The van der Waals surface area contributed by atoms with E-state index in [2.05, 4.69) is 4.98 Å². The van der Waals surface area contributed by atoms with Crippen LogP contribution in [0, 0.1) is 5.82 Å². The molecule has 1 heterocycles. The molecule has 0 aliphatic rings. The second kappa shape index (κ2) is 7.53. The topological polar surface area (TPSA) is 38.1 Å². The van der Waals surface area contributed by atoms with Gasteiger partial charge in [-0.3, -0.25) is 9.36 Å². The first-order valence-corrected chi connectivity index (χ1v) is 8.73. The largest absolute Gasteiger partial charge is 0.315 e. The minimum atomic E-state index is -0.333. The molecule has 0 radical (unpaired) electrons. The molecular formula is C19H18FN3OS. The van der Waals surface area contributed by atoms with E-state index in [1.165, 1.54) is 23.9 Å². The van der Waals surface area contributed by atoms with Crippen molar-refractivity contribution >= 4 is 23.4 Å². The molecule has 128 valence electrons. The molecule has 0 saturated heterocycles. The number of aromatic nitrogens is 2. The second-order valence-corrected chi connectivity index (χ2v) is 6.86. The summed E-state index contributed by atoms with van der Waals surface area (Å²) in [5, 5.41) is 0.313. The maximum absolute atomic E-state index is 13.5. The fourth-order valence-corrected chi connectivity index (χ4v) is 3.44. The van der Waals surface area contributed by atoms with Crippen molar-refractivity contribution in [2.45, 2.75) is 17.3 Å². The summed E-state index contributed by atoms with van der Waals surface area (Å²) in [5.41, 5.74) is 1.52. The van der Waals surface area contributed by atoms with Gasteiger partial charge >= 0.3 is 0 Å². The van der Waals surface area contributed by atoms with Crippen LogP contribution in [0.25, 0.3) is 5.69 Å². The van der Waals surface area contributed by atoms with Gasteiger partial charge in [-0.05, 0) is 37.3 Å². The molecule has 3 aromatic rings. The van der Waals surface area contributed by atoms with Gasteiger partial charge in [-0.25, -0.2) is 9.37 Å². The fourth-order valence-electron chi connectivity index (χ4n) is 2.46. The lowest BCUT2D eigenvalue weighted by Gasteiger charge is -2.21. The maximum atomic E-state index is 13.5. The number of para-hydroxylation sites is 1. The summed E-state index contributed by atoms with van der Waals surface area (Å²) < 4.78 is 15.3. The number of amides is 1. The molecule has 1 atom stereocenters. The van der Waals surface area contributed by atoms with E-state index in [0.717, 1.165) is 5.69 Å². The number of imidazole rings is 1. The maximum Gasteiger partial charge on any atom is 0.240 e. The molecule has 0 fully saturated rings. The van der Waals surface area contributed by atoms with Crippen LogP contribution in [0.1, 0.15) is 6.92 Å². The number of nitrogens with zero attached hydrogens (tertiary/aromatic N) is 3. The van der Waals surface area contributed by atoms with Crippen LogP contribution in [0.4, 0.5) is 10.1 Å². The Labute approximate surface area is 150 Å². The predicted octanol–water partition coefficient (Wildman–Crippen LogP) is 4.16. The highest BCUT2D eigenvalue weighted by Gasteiger charge is 2.22.